The van der Waals surface area contributed by atoms with E-state index in [-0.39, 0.29) is 17.4 Å². The van der Waals surface area contributed by atoms with Gasteiger partial charge in [-0.25, -0.2) is 4.79 Å². The van der Waals surface area contributed by atoms with E-state index in [0.717, 1.165) is 12.1 Å². The second kappa shape index (κ2) is 9.86. The minimum atomic E-state index is -4.51. The number of methoxy groups -OCH3 is 1. The van der Waals surface area contributed by atoms with Gasteiger partial charge in [-0.3, -0.25) is 4.79 Å². The highest BCUT2D eigenvalue weighted by atomic mass is 19.4. The Morgan fingerprint density at radius 3 is 2.31 bits per heavy atom. The van der Waals surface area contributed by atoms with E-state index in [2.05, 4.69) is 5.32 Å². The number of rotatable bonds is 7. The second-order valence-corrected chi connectivity index (χ2v) is 6.47. The second-order valence-electron chi connectivity index (χ2n) is 6.47. The highest BCUT2D eigenvalue weighted by molar-refractivity contribution is 6.06. The normalized spacial score (nSPS) is 10.9. The molecule has 0 heterocycles. The van der Waals surface area contributed by atoms with E-state index < -0.39 is 24.3 Å². The molecule has 1 amide bonds. The summed E-state index contributed by atoms with van der Waals surface area (Å²) in [4.78, 5) is 24.3. The van der Waals surface area contributed by atoms with Crippen LogP contribution >= 0.6 is 0 Å². The van der Waals surface area contributed by atoms with Gasteiger partial charge in [0, 0.05) is 5.69 Å². The number of hydrogen-bond donors (Lipinski definition) is 1. The predicted molar refractivity (Wildman–Crippen MR) is 110 cm³/mol. The van der Waals surface area contributed by atoms with Crippen molar-refractivity contribution >= 4 is 17.6 Å². The lowest BCUT2D eigenvalue weighted by molar-refractivity contribution is -0.137. The fourth-order valence-electron chi connectivity index (χ4n) is 2.70. The number of para-hydroxylation sites is 1. The molecule has 0 aliphatic heterocycles. The molecule has 32 heavy (non-hydrogen) atoms. The van der Waals surface area contributed by atoms with Crippen molar-refractivity contribution in [1.82, 2.24) is 0 Å². The van der Waals surface area contributed by atoms with Crippen molar-refractivity contribution in [3.63, 3.8) is 0 Å². The molecule has 0 fully saturated rings. The molecule has 0 atom stereocenters. The molecule has 0 saturated carbocycles. The minimum Gasteiger partial charge on any atom is -0.496 e. The van der Waals surface area contributed by atoms with Crippen molar-refractivity contribution in [2.75, 3.05) is 19.0 Å². The van der Waals surface area contributed by atoms with Crippen LogP contribution in [0, 0.1) is 0 Å². The number of benzene rings is 3. The Morgan fingerprint density at radius 2 is 1.62 bits per heavy atom. The van der Waals surface area contributed by atoms with Crippen molar-refractivity contribution < 1.29 is 37.0 Å². The van der Waals surface area contributed by atoms with Crippen molar-refractivity contribution in [2.24, 2.45) is 0 Å². The number of ether oxygens (including phenoxy) is 3. The standard InChI is InChI=1S/C23H18F3NO5/c1-30-20-8-3-2-7-19(20)22(29)27-16-9-11-17(12-10-16)32-21(28)14-31-18-6-4-5-15(13-18)23(24,25)26/h2-13H,14H2,1H3,(H,27,29). The van der Waals surface area contributed by atoms with Gasteiger partial charge in [0.25, 0.3) is 5.91 Å². The molecule has 0 unspecified atom stereocenters. The van der Waals surface area contributed by atoms with E-state index in [0.29, 0.717) is 17.0 Å². The number of anilines is 1. The van der Waals surface area contributed by atoms with E-state index in [9.17, 15) is 22.8 Å². The molecule has 0 aliphatic rings. The van der Waals surface area contributed by atoms with Crippen LogP contribution < -0.4 is 19.5 Å². The maximum atomic E-state index is 12.7. The molecule has 6 nitrogen and oxygen atoms in total. The van der Waals surface area contributed by atoms with Crippen LogP contribution in [-0.2, 0) is 11.0 Å². The summed E-state index contributed by atoms with van der Waals surface area (Å²) < 4.78 is 53.5. The van der Waals surface area contributed by atoms with Crippen LogP contribution in [0.25, 0.3) is 0 Å². The zero-order chi connectivity index (χ0) is 23.1. The van der Waals surface area contributed by atoms with E-state index in [1.54, 1.807) is 24.3 Å². The average molecular weight is 445 g/mol. The van der Waals surface area contributed by atoms with Gasteiger partial charge >= 0.3 is 12.1 Å². The summed E-state index contributed by atoms with van der Waals surface area (Å²) in [6.45, 7) is -0.576. The molecule has 0 saturated heterocycles. The van der Waals surface area contributed by atoms with Gasteiger partial charge in [-0.15, -0.1) is 0 Å². The summed E-state index contributed by atoms with van der Waals surface area (Å²) in [5.41, 5.74) is -0.0627. The highest BCUT2D eigenvalue weighted by Gasteiger charge is 2.30. The Morgan fingerprint density at radius 1 is 0.906 bits per heavy atom. The summed E-state index contributed by atoms with van der Waals surface area (Å²) in [7, 11) is 1.46. The van der Waals surface area contributed by atoms with Crippen LogP contribution in [0.5, 0.6) is 17.2 Å². The minimum absolute atomic E-state index is 0.105. The van der Waals surface area contributed by atoms with Gasteiger partial charge in [0.05, 0.1) is 18.2 Å². The Kier molecular flexibility index (Phi) is 6.99. The zero-order valence-electron chi connectivity index (χ0n) is 16.8. The lowest BCUT2D eigenvalue weighted by atomic mass is 10.2. The van der Waals surface area contributed by atoms with Crippen LogP contribution in [0.15, 0.2) is 72.8 Å². The molecule has 3 aromatic rings. The number of hydrogen-bond acceptors (Lipinski definition) is 5. The van der Waals surface area contributed by atoms with Gasteiger partial charge in [-0.1, -0.05) is 18.2 Å². The first-order valence-corrected chi connectivity index (χ1v) is 9.31. The lowest BCUT2D eigenvalue weighted by Gasteiger charge is -2.11. The number of carbonyl (C=O) groups excluding carboxylic acids is 2. The third-order valence-corrected chi connectivity index (χ3v) is 4.21. The van der Waals surface area contributed by atoms with Gasteiger partial charge < -0.3 is 19.5 Å². The Labute approximate surface area is 181 Å². The van der Waals surface area contributed by atoms with Crippen molar-refractivity contribution in [3.05, 3.63) is 83.9 Å². The summed E-state index contributed by atoms with van der Waals surface area (Å²) in [6.07, 6.45) is -4.51. The fraction of sp³-hybridized carbons (Fsp3) is 0.130. The maximum Gasteiger partial charge on any atom is 0.416 e. The number of halogens is 3. The monoisotopic (exact) mass is 445 g/mol. The Bertz CT molecular complexity index is 1100. The van der Waals surface area contributed by atoms with Crippen LogP contribution in [0.3, 0.4) is 0 Å². The molecule has 0 aromatic heterocycles. The molecule has 3 rings (SSSR count). The molecule has 0 bridgehead atoms. The van der Waals surface area contributed by atoms with E-state index in [1.807, 2.05) is 0 Å². The van der Waals surface area contributed by atoms with Gasteiger partial charge in [0.2, 0.25) is 0 Å². The van der Waals surface area contributed by atoms with Crippen LogP contribution in [-0.4, -0.2) is 25.6 Å². The molecular formula is C23H18F3NO5. The van der Waals surface area contributed by atoms with Crippen molar-refractivity contribution in [1.29, 1.82) is 0 Å². The van der Waals surface area contributed by atoms with Crippen molar-refractivity contribution in [3.8, 4) is 17.2 Å². The van der Waals surface area contributed by atoms with E-state index >= 15 is 0 Å². The fourth-order valence-corrected chi connectivity index (χ4v) is 2.70. The van der Waals surface area contributed by atoms with Gasteiger partial charge in [0.1, 0.15) is 17.2 Å². The third-order valence-electron chi connectivity index (χ3n) is 4.21. The number of carbonyl (C=O) groups is 2. The third kappa shape index (κ3) is 6.00. The van der Waals surface area contributed by atoms with Gasteiger partial charge in [-0.2, -0.15) is 13.2 Å². The van der Waals surface area contributed by atoms with E-state index in [4.69, 9.17) is 14.2 Å². The SMILES string of the molecule is COc1ccccc1C(=O)Nc1ccc(OC(=O)COc2cccc(C(F)(F)F)c2)cc1. The topological polar surface area (TPSA) is 73.9 Å². The molecule has 3 aromatic carbocycles. The lowest BCUT2D eigenvalue weighted by Crippen LogP contribution is -2.18. The van der Waals surface area contributed by atoms with Crippen LogP contribution in [0.1, 0.15) is 15.9 Å². The zero-order valence-corrected chi connectivity index (χ0v) is 16.8. The molecule has 0 radical (unpaired) electrons. The quantitative estimate of drug-likeness (QED) is 0.412. The smallest absolute Gasteiger partial charge is 0.416 e. The summed E-state index contributed by atoms with van der Waals surface area (Å²) in [5, 5.41) is 2.70. The predicted octanol–water partition coefficient (Wildman–Crippen LogP) is 4.95. The highest BCUT2D eigenvalue weighted by Crippen LogP contribution is 2.31. The average Bonchev–Trinajstić information content (AvgIpc) is 2.78. The summed E-state index contributed by atoms with van der Waals surface area (Å²) in [5.74, 6) is -0.671. The molecular weight excluding hydrogens is 427 g/mol. The number of amides is 1. The molecule has 0 spiro atoms. The molecule has 0 aliphatic carbocycles. The maximum absolute atomic E-state index is 12.7. The van der Waals surface area contributed by atoms with E-state index in [1.165, 1.54) is 43.5 Å². The van der Waals surface area contributed by atoms with Gasteiger partial charge in [0.15, 0.2) is 6.61 Å². The first kappa shape index (κ1) is 22.7. The van der Waals surface area contributed by atoms with Crippen molar-refractivity contribution in [2.45, 2.75) is 6.18 Å². The molecule has 9 heteroatoms. The Hall–Kier alpha value is -4.01. The number of alkyl halides is 3. The summed E-state index contributed by atoms with van der Waals surface area (Å²) in [6, 6.07) is 16.9. The number of nitrogens with one attached hydrogen (secondary N) is 1. The van der Waals surface area contributed by atoms with Gasteiger partial charge in [-0.05, 0) is 54.6 Å². The largest absolute Gasteiger partial charge is 0.496 e. The first-order chi connectivity index (χ1) is 15.3. The summed E-state index contributed by atoms with van der Waals surface area (Å²) >= 11 is 0. The Balaban J connectivity index is 1.54. The van der Waals surface area contributed by atoms with Crippen LogP contribution in [0.4, 0.5) is 18.9 Å². The number of esters is 1. The van der Waals surface area contributed by atoms with Crippen LogP contribution in [0.2, 0.25) is 0 Å². The molecule has 166 valence electrons. The first-order valence-electron chi connectivity index (χ1n) is 9.31. The molecule has 1 N–H and O–H groups in total.